The molecule has 0 bridgehead atoms. The molecular formula is C36H26N4O2. The topological polar surface area (TPSA) is 82.3 Å². The van der Waals surface area contributed by atoms with Gasteiger partial charge in [0.15, 0.2) is 0 Å². The number of nitrogens with one attached hydrogen (secondary N) is 4. The number of carbonyl (C=O) groups excluding carboxylic acids is 2. The average molecular weight is 547 g/mol. The van der Waals surface area contributed by atoms with E-state index in [-0.39, 0.29) is 12.1 Å². The molecule has 6 aromatic rings. The lowest BCUT2D eigenvalue weighted by Gasteiger charge is -2.12. The van der Waals surface area contributed by atoms with Crippen molar-refractivity contribution in [3.8, 4) is 11.8 Å². The van der Waals surface area contributed by atoms with Crippen LogP contribution in [0.25, 0.3) is 21.5 Å². The van der Waals surface area contributed by atoms with E-state index in [1.54, 1.807) is 12.1 Å². The van der Waals surface area contributed by atoms with Gasteiger partial charge in [-0.05, 0) is 47.2 Å². The summed E-state index contributed by atoms with van der Waals surface area (Å²) in [5, 5.41) is 15.7. The summed E-state index contributed by atoms with van der Waals surface area (Å²) in [7, 11) is 0. The Kier molecular flexibility index (Phi) is 7.47. The van der Waals surface area contributed by atoms with E-state index in [1.165, 1.54) is 0 Å². The first kappa shape index (κ1) is 26.2. The van der Waals surface area contributed by atoms with Crippen molar-refractivity contribution in [3.63, 3.8) is 0 Å². The summed E-state index contributed by atoms with van der Waals surface area (Å²) in [5.41, 5.74) is 3.86. The molecule has 202 valence electrons. The van der Waals surface area contributed by atoms with Crippen LogP contribution in [0.1, 0.15) is 11.1 Å². The highest BCUT2D eigenvalue weighted by molar-refractivity contribution is 6.07. The summed E-state index contributed by atoms with van der Waals surface area (Å²) in [6.45, 7) is 0. The average Bonchev–Trinajstić information content (AvgIpc) is 3.01. The van der Waals surface area contributed by atoms with Gasteiger partial charge >= 0.3 is 12.1 Å². The zero-order valence-electron chi connectivity index (χ0n) is 22.5. The van der Waals surface area contributed by atoms with Crippen molar-refractivity contribution in [3.05, 3.63) is 145 Å². The third-order valence-corrected chi connectivity index (χ3v) is 6.76. The second-order valence-corrected chi connectivity index (χ2v) is 9.55. The quantitative estimate of drug-likeness (QED) is 0.167. The molecule has 0 radical (unpaired) electrons. The number of urea groups is 2. The summed E-state index contributed by atoms with van der Waals surface area (Å²) in [6.07, 6.45) is 0. The van der Waals surface area contributed by atoms with E-state index in [4.69, 9.17) is 0 Å². The van der Waals surface area contributed by atoms with Crippen molar-refractivity contribution in [1.29, 1.82) is 0 Å². The molecule has 0 aliphatic carbocycles. The highest BCUT2D eigenvalue weighted by atomic mass is 16.2. The van der Waals surface area contributed by atoms with E-state index in [2.05, 4.69) is 33.1 Å². The minimum absolute atomic E-state index is 0.368. The number of anilines is 4. The van der Waals surface area contributed by atoms with E-state index in [1.807, 2.05) is 121 Å². The largest absolute Gasteiger partial charge is 0.323 e. The van der Waals surface area contributed by atoms with Crippen molar-refractivity contribution >= 4 is 56.4 Å². The van der Waals surface area contributed by atoms with Crippen LogP contribution in [0.4, 0.5) is 32.3 Å². The van der Waals surface area contributed by atoms with Gasteiger partial charge in [0, 0.05) is 21.9 Å². The fourth-order valence-corrected chi connectivity index (χ4v) is 4.76. The van der Waals surface area contributed by atoms with Crippen molar-refractivity contribution in [1.82, 2.24) is 0 Å². The molecule has 0 spiro atoms. The van der Waals surface area contributed by atoms with Crippen LogP contribution in [0.2, 0.25) is 0 Å². The molecule has 0 saturated heterocycles. The summed E-state index contributed by atoms with van der Waals surface area (Å²) in [6, 6.07) is 41.3. The monoisotopic (exact) mass is 546 g/mol. The van der Waals surface area contributed by atoms with Crippen molar-refractivity contribution < 1.29 is 9.59 Å². The van der Waals surface area contributed by atoms with Gasteiger partial charge in [-0.1, -0.05) is 109 Å². The van der Waals surface area contributed by atoms with Gasteiger partial charge in [-0.3, -0.25) is 0 Å². The highest BCUT2D eigenvalue weighted by Gasteiger charge is 2.10. The zero-order chi connectivity index (χ0) is 28.7. The number of hydrogen-bond acceptors (Lipinski definition) is 2. The highest BCUT2D eigenvalue weighted by Crippen LogP contribution is 2.25. The minimum Gasteiger partial charge on any atom is -0.307 e. The fraction of sp³-hybridized carbons (Fsp3) is 0. The number of rotatable bonds is 4. The van der Waals surface area contributed by atoms with Gasteiger partial charge in [0.25, 0.3) is 0 Å². The number of para-hydroxylation sites is 2. The Labute approximate surface area is 243 Å². The van der Waals surface area contributed by atoms with Crippen molar-refractivity contribution in [2.24, 2.45) is 0 Å². The van der Waals surface area contributed by atoms with Gasteiger partial charge in [0.1, 0.15) is 0 Å². The fourth-order valence-electron chi connectivity index (χ4n) is 4.76. The third kappa shape index (κ3) is 5.91. The van der Waals surface area contributed by atoms with Gasteiger partial charge in [-0.15, -0.1) is 0 Å². The lowest BCUT2D eigenvalue weighted by Crippen LogP contribution is -2.20. The van der Waals surface area contributed by atoms with E-state index in [0.29, 0.717) is 22.5 Å². The SMILES string of the molecule is O=C(Nc1ccccc1C#Cc1ccccc1NC(=O)Nc1cccc2ccccc12)Nc1cccc2ccccc12. The number of amides is 4. The number of hydrogen-bond donors (Lipinski definition) is 4. The normalized spacial score (nSPS) is 10.4. The third-order valence-electron chi connectivity index (χ3n) is 6.76. The number of carbonyl (C=O) groups is 2. The maximum absolute atomic E-state index is 12.9. The summed E-state index contributed by atoms with van der Waals surface area (Å²) < 4.78 is 0. The Bertz CT molecular complexity index is 1850. The molecule has 0 aliphatic rings. The van der Waals surface area contributed by atoms with Crippen LogP contribution < -0.4 is 21.3 Å². The minimum atomic E-state index is -0.368. The van der Waals surface area contributed by atoms with Crippen molar-refractivity contribution in [2.75, 3.05) is 21.3 Å². The molecule has 0 atom stereocenters. The molecule has 0 unspecified atom stereocenters. The Balaban J connectivity index is 1.18. The summed E-state index contributed by atoms with van der Waals surface area (Å²) in [5.74, 6) is 6.30. The van der Waals surface area contributed by atoms with Gasteiger partial charge in [0.05, 0.1) is 22.7 Å². The molecule has 6 rings (SSSR count). The summed E-state index contributed by atoms with van der Waals surface area (Å²) in [4.78, 5) is 25.9. The molecular weight excluding hydrogens is 520 g/mol. The van der Waals surface area contributed by atoms with E-state index >= 15 is 0 Å². The number of benzene rings is 6. The first-order valence-electron chi connectivity index (χ1n) is 13.5. The molecule has 0 heterocycles. The van der Waals surface area contributed by atoms with Crippen LogP contribution in [0.3, 0.4) is 0 Å². The summed E-state index contributed by atoms with van der Waals surface area (Å²) >= 11 is 0. The van der Waals surface area contributed by atoms with Crippen LogP contribution in [-0.4, -0.2) is 12.1 Å². The lowest BCUT2D eigenvalue weighted by molar-refractivity contribution is 0.261. The molecule has 6 nitrogen and oxygen atoms in total. The first-order chi connectivity index (χ1) is 20.6. The van der Waals surface area contributed by atoms with Gasteiger partial charge in [-0.2, -0.15) is 0 Å². The van der Waals surface area contributed by atoms with Gasteiger partial charge in [0.2, 0.25) is 0 Å². The Morgan fingerprint density at radius 2 is 0.714 bits per heavy atom. The molecule has 6 aromatic carbocycles. The second-order valence-electron chi connectivity index (χ2n) is 9.55. The van der Waals surface area contributed by atoms with Crippen LogP contribution in [0, 0.1) is 11.8 Å². The van der Waals surface area contributed by atoms with Gasteiger partial charge in [-0.25, -0.2) is 9.59 Å². The molecule has 6 heteroatoms. The van der Waals surface area contributed by atoms with Crippen LogP contribution >= 0.6 is 0 Å². The van der Waals surface area contributed by atoms with Crippen molar-refractivity contribution in [2.45, 2.75) is 0 Å². The molecule has 42 heavy (non-hydrogen) atoms. The van der Waals surface area contributed by atoms with E-state index in [0.717, 1.165) is 32.9 Å². The predicted octanol–water partition coefficient (Wildman–Crippen LogP) is 8.68. The number of fused-ring (bicyclic) bond motifs is 2. The van der Waals surface area contributed by atoms with E-state index < -0.39 is 0 Å². The molecule has 0 aliphatic heterocycles. The first-order valence-corrected chi connectivity index (χ1v) is 13.5. The van der Waals surface area contributed by atoms with Crippen LogP contribution in [-0.2, 0) is 0 Å². The van der Waals surface area contributed by atoms with Crippen LogP contribution in [0.15, 0.2) is 133 Å². The maximum Gasteiger partial charge on any atom is 0.323 e. The molecule has 0 aromatic heterocycles. The van der Waals surface area contributed by atoms with E-state index in [9.17, 15) is 9.59 Å². The Morgan fingerprint density at radius 3 is 1.19 bits per heavy atom. The lowest BCUT2D eigenvalue weighted by atomic mass is 10.1. The Hall–Kier alpha value is -6.06. The molecule has 0 fully saturated rings. The van der Waals surface area contributed by atoms with Crippen LogP contribution in [0.5, 0.6) is 0 Å². The molecule has 4 N–H and O–H groups in total. The predicted molar refractivity (Wildman–Crippen MR) is 172 cm³/mol. The standard InChI is InChI=1S/C36H26N4O2/c41-35(39-33-21-9-15-25-11-1-5-17-29(25)33)37-31-19-7-3-13-27(31)23-24-28-14-4-8-20-32(28)38-36(42)40-34-22-10-16-26-12-2-6-18-30(26)34/h1-22H,(H2,37,39,41)(H2,38,40,42). The molecule has 4 amide bonds. The molecule has 0 saturated carbocycles. The van der Waals surface area contributed by atoms with Gasteiger partial charge < -0.3 is 21.3 Å². The second kappa shape index (κ2) is 12.0. The Morgan fingerprint density at radius 1 is 0.381 bits per heavy atom. The maximum atomic E-state index is 12.9. The zero-order valence-corrected chi connectivity index (χ0v) is 22.5. The smallest absolute Gasteiger partial charge is 0.307 e.